The number of nitrogens with two attached hydrogens (primary N) is 1. The van der Waals surface area contributed by atoms with Crippen LogP contribution in [0.1, 0.15) is 11.8 Å². The molecule has 9 heteroatoms. The summed E-state index contributed by atoms with van der Waals surface area (Å²) in [7, 11) is 0. The molecular formula is C11H14BrN3O5. The van der Waals surface area contributed by atoms with E-state index in [4.69, 9.17) is 15.6 Å². The van der Waals surface area contributed by atoms with E-state index in [0.29, 0.717) is 0 Å². The molecule has 4 atom stereocenters. The van der Waals surface area contributed by atoms with E-state index in [9.17, 15) is 14.7 Å². The van der Waals surface area contributed by atoms with Crippen molar-refractivity contribution < 1.29 is 14.9 Å². The summed E-state index contributed by atoms with van der Waals surface area (Å²) in [5.41, 5.74) is 4.62. The molecule has 1 aromatic rings. The molecule has 1 fully saturated rings. The van der Waals surface area contributed by atoms with Gasteiger partial charge in [0.2, 0.25) is 0 Å². The van der Waals surface area contributed by atoms with E-state index in [1.54, 1.807) is 0 Å². The summed E-state index contributed by atoms with van der Waals surface area (Å²) in [6.07, 6.45) is -0.298. The van der Waals surface area contributed by atoms with Gasteiger partial charge in [0, 0.05) is 6.20 Å². The minimum Gasteiger partial charge on any atom is -0.394 e. The Balaban J connectivity index is 2.46. The van der Waals surface area contributed by atoms with Crippen LogP contribution in [0.5, 0.6) is 0 Å². The molecule has 0 aliphatic carbocycles. The number of nitrogens with zero attached hydrogens (tertiary/aromatic N) is 1. The summed E-state index contributed by atoms with van der Waals surface area (Å²) >= 11 is 3.03. The molecule has 5 N–H and O–H groups in total. The monoisotopic (exact) mass is 347 g/mol. The first-order chi connectivity index (χ1) is 9.49. The number of halogens is 1. The fourth-order valence-electron chi connectivity index (χ4n) is 2.03. The number of ether oxygens (including phenoxy) is 1. The Morgan fingerprint density at radius 1 is 1.55 bits per heavy atom. The molecule has 1 aliphatic rings. The molecule has 0 radical (unpaired) electrons. The third kappa shape index (κ3) is 2.63. The molecule has 0 unspecified atom stereocenters. The Hall–Kier alpha value is -1.26. The predicted molar refractivity (Wildman–Crippen MR) is 74.3 cm³/mol. The van der Waals surface area contributed by atoms with Crippen LogP contribution in [0.2, 0.25) is 0 Å². The summed E-state index contributed by atoms with van der Waals surface area (Å²) in [5.74, 6) is 0. The van der Waals surface area contributed by atoms with Gasteiger partial charge in [0.05, 0.1) is 18.2 Å². The molecule has 2 heterocycles. The summed E-state index contributed by atoms with van der Waals surface area (Å²) in [5, 5.41) is 19.1. The van der Waals surface area contributed by atoms with E-state index in [-0.39, 0.29) is 12.2 Å². The molecule has 2 rings (SSSR count). The van der Waals surface area contributed by atoms with Crippen LogP contribution in [0.15, 0.2) is 20.8 Å². The molecule has 1 aliphatic heterocycles. The van der Waals surface area contributed by atoms with Crippen LogP contribution in [0.4, 0.5) is 0 Å². The highest BCUT2D eigenvalue weighted by Gasteiger charge is 2.42. The Morgan fingerprint density at radius 2 is 2.25 bits per heavy atom. The number of rotatable bonds is 3. The van der Waals surface area contributed by atoms with E-state index in [2.05, 4.69) is 20.9 Å². The molecular weight excluding hydrogens is 334 g/mol. The van der Waals surface area contributed by atoms with Crippen LogP contribution in [0, 0.1) is 0 Å². The zero-order valence-electron chi connectivity index (χ0n) is 10.3. The third-order valence-corrected chi connectivity index (χ3v) is 3.39. The number of nitrogens with one attached hydrogen (secondary N) is 1. The van der Waals surface area contributed by atoms with Crippen LogP contribution in [0.25, 0.3) is 6.08 Å². The van der Waals surface area contributed by atoms with Crippen molar-refractivity contribution in [1.29, 1.82) is 0 Å². The maximum Gasteiger partial charge on any atom is 0.330 e. The van der Waals surface area contributed by atoms with Crippen molar-refractivity contribution in [2.45, 2.75) is 24.5 Å². The second kappa shape index (κ2) is 6.02. The molecule has 0 saturated carbocycles. The van der Waals surface area contributed by atoms with Gasteiger partial charge in [-0.05, 0) is 11.1 Å². The first kappa shape index (κ1) is 15.1. The van der Waals surface area contributed by atoms with Gasteiger partial charge in [-0.3, -0.25) is 14.3 Å². The third-order valence-electron chi connectivity index (χ3n) is 3.12. The molecule has 8 nitrogen and oxygen atoms in total. The van der Waals surface area contributed by atoms with Crippen molar-refractivity contribution >= 4 is 22.0 Å². The van der Waals surface area contributed by atoms with E-state index in [1.807, 2.05) is 0 Å². The molecule has 1 aromatic heterocycles. The zero-order valence-corrected chi connectivity index (χ0v) is 11.9. The number of aromatic amines is 1. The van der Waals surface area contributed by atoms with Gasteiger partial charge < -0.3 is 20.7 Å². The lowest BCUT2D eigenvalue weighted by Gasteiger charge is -2.17. The van der Waals surface area contributed by atoms with Crippen molar-refractivity contribution in [2.24, 2.45) is 5.73 Å². The summed E-state index contributed by atoms with van der Waals surface area (Å²) < 4.78 is 6.40. The van der Waals surface area contributed by atoms with Crippen LogP contribution in [-0.4, -0.2) is 44.6 Å². The van der Waals surface area contributed by atoms with Gasteiger partial charge in [-0.25, -0.2) is 4.79 Å². The molecule has 110 valence electrons. The highest BCUT2D eigenvalue weighted by molar-refractivity contribution is 9.11. The van der Waals surface area contributed by atoms with Gasteiger partial charge in [0.25, 0.3) is 5.56 Å². The van der Waals surface area contributed by atoms with Crippen molar-refractivity contribution in [3.63, 3.8) is 0 Å². The van der Waals surface area contributed by atoms with Crippen LogP contribution in [-0.2, 0) is 4.74 Å². The van der Waals surface area contributed by atoms with Crippen LogP contribution < -0.4 is 17.0 Å². The summed E-state index contributed by atoms with van der Waals surface area (Å²) in [6, 6.07) is -0.820. The average Bonchev–Trinajstić information content (AvgIpc) is 2.70. The van der Waals surface area contributed by atoms with Crippen molar-refractivity contribution in [2.75, 3.05) is 6.61 Å². The quantitative estimate of drug-likeness (QED) is 0.525. The second-order valence-corrected chi connectivity index (χ2v) is 4.89. The van der Waals surface area contributed by atoms with E-state index in [1.165, 1.54) is 17.3 Å². The SMILES string of the molecule is N[C@H]1[C@H](O)[C@H](n2cc(/C=C/Br)c(=O)[nH]c2=O)O[C@@H]1CO. The predicted octanol–water partition coefficient (Wildman–Crippen LogP) is -1.52. The lowest BCUT2D eigenvalue weighted by Crippen LogP contribution is -2.42. The van der Waals surface area contributed by atoms with E-state index >= 15 is 0 Å². The van der Waals surface area contributed by atoms with Gasteiger partial charge in [-0.15, -0.1) is 0 Å². The van der Waals surface area contributed by atoms with Crippen molar-refractivity contribution in [1.82, 2.24) is 9.55 Å². The molecule has 0 amide bonds. The van der Waals surface area contributed by atoms with Crippen molar-refractivity contribution in [3.05, 3.63) is 37.6 Å². The maximum atomic E-state index is 11.8. The first-order valence-electron chi connectivity index (χ1n) is 5.81. The largest absolute Gasteiger partial charge is 0.394 e. The zero-order chi connectivity index (χ0) is 14.9. The Labute approximate surface area is 121 Å². The normalized spacial score (nSPS) is 30.2. The minimum atomic E-state index is -1.17. The second-order valence-electron chi connectivity index (χ2n) is 4.36. The Bertz CT molecular complexity index is 625. The molecule has 20 heavy (non-hydrogen) atoms. The van der Waals surface area contributed by atoms with Crippen LogP contribution in [0.3, 0.4) is 0 Å². The number of H-pyrrole nitrogens is 1. The minimum absolute atomic E-state index is 0.207. The van der Waals surface area contributed by atoms with Gasteiger partial charge >= 0.3 is 5.69 Å². The number of hydrogen-bond acceptors (Lipinski definition) is 6. The molecule has 1 saturated heterocycles. The lowest BCUT2D eigenvalue weighted by atomic mass is 10.1. The molecule has 0 aromatic carbocycles. The number of aromatic nitrogens is 2. The standard InChI is InChI=1S/C11H14BrN3O5/c12-2-1-5-3-15(11(19)14-9(5)18)10-8(17)7(13)6(4-16)20-10/h1-3,6-8,10,16-17H,4,13H2,(H,14,18,19)/b2-1+/t6-,7-,8+,10-/m1/s1. The Morgan fingerprint density at radius 3 is 2.80 bits per heavy atom. The van der Waals surface area contributed by atoms with Gasteiger partial charge in [0.1, 0.15) is 12.2 Å². The van der Waals surface area contributed by atoms with Gasteiger partial charge in [0.15, 0.2) is 6.23 Å². The lowest BCUT2D eigenvalue weighted by molar-refractivity contribution is -0.0532. The number of aliphatic hydroxyl groups is 2. The average molecular weight is 348 g/mol. The fraction of sp³-hybridized carbons (Fsp3) is 0.455. The number of hydrogen-bond donors (Lipinski definition) is 4. The fourth-order valence-corrected chi connectivity index (χ4v) is 2.32. The van der Waals surface area contributed by atoms with Gasteiger partial charge in [-0.1, -0.05) is 15.9 Å². The maximum absolute atomic E-state index is 11.8. The smallest absolute Gasteiger partial charge is 0.330 e. The highest BCUT2D eigenvalue weighted by Crippen LogP contribution is 2.26. The molecule has 0 spiro atoms. The summed E-state index contributed by atoms with van der Waals surface area (Å²) in [6.45, 7) is -0.374. The highest BCUT2D eigenvalue weighted by atomic mass is 79.9. The van der Waals surface area contributed by atoms with E-state index in [0.717, 1.165) is 4.57 Å². The van der Waals surface area contributed by atoms with E-state index < -0.39 is 35.7 Å². The Kier molecular flexibility index (Phi) is 4.55. The van der Waals surface area contributed by atoms with Crippen molar-refractivity contribution in [3.8, 4) is 0 Å². The number of aliphatic hydroxyl groups excluding tert-OH is 2. The first-order valence-corrected chi connectivity index (χ1v) is 6.73. The molecule has 0 bridgehead atoms. The van der Waals surface area contributed by atoms with Gasteiger partial charge in [-0.2, -0.15) is 0 Å². The summed E-state index contributed by atoms with van der Waals surface area (Å²) in [4.78, 5) is 26.9. The van der Waals surface area contributed by atoms with Crippen LogP contribution >= 0.6 is 15.9 Å². The topological polar surface area (TPSA) is 131 Å².